The van der Waals surface area contributed by atoms with Gasteiger partial charge < -0.3 is 4.74 Å². The molecule has 0 radical (unpaired) electrons. The molecular weight excluding hydrogens is 426 g/mol. The second-order valence-electron chi connectivity index (χ2n) is 13.0. The number of nitrogens with zero attached hydrogens (tertiary/aromatic N) is 1. The second kappa shape index (κ2) is 7.39. The Morgan fingerprint density at radius 3 is 2.47 bits per heavy atom. The molecule has 0 saturated heterocycles. The first-order valence-electron chi connectivity index (χ1n) is 12.9. The van der Waals surface area contributed by atoms with Crippen molar-refractivity contribution in [1.29, 1.82) is 5.26 Å². The summed E-state index contributed by atoms with van der Waals surface area (Å²) in [4.78, 5) is 39.7. The molecule has 0 N–H and O–H groups in total. The van der Waals surface area contributed by atoms with E-state index < -0.39 is 10.8 Å². The van der Waals surface area contributed by atoms with Crippen LogP contribution in [0.4, 0.5) is 0 Å². The van der Waals surface area contributed by atoms with E-state index >= 15 is 0 Å². The van der Waals surface area contributed by atoms with Crippen LogP contribution in [0, 0.1) is 56.7 Å². The van der Waals surface area contributed by atoms with Gasteiger partial charge in [0.15, 0.2) is 11.6 Å². The SMILES string of the molecule is COC(=O)C12CCC3C(C(=O)C=C4C5(C)C=C(C#N)C(=O)CC5CCC43C)C1CC(C)(C)CC2. The standard InChI is InChI=1S/C29H37NO4/c1-26(2)10-11-29(25(33)34-5)9-7-19-24(20(29)15-26)22(32)13-23-27(19,3)8-6-18-12-21(31)17(16-30)14-28(18,23)4/h13-14,18-20,24H,6-12,15H2,1-5H3. The number of nitriles is 1. The van der Waals surface area contributed by atoms with Gasteiger partial charge in [-0.2, -0.15) is 5.26 Å². The maximum atomic E-state index is 14.0. The van der Waals surface area contributed by atoms with Crippen molar-refractivity contribution < 1.29 is 19.1 Å². The second-order valence-corrected chi connectivity index (χ2v) is 13.0. The fraction of sp³-hybridized carbons (Fsp3) is 0.724. The van der Waals surface area contributed by atoms with Crippen molar-refractivity contribution in [1.82, 2.24) is 0 Å². The van der Waals surface area contributed by atoms with Crippen LogP contribution < -0.4 is 0 Å². The number of fused-ring (bicyclic) bond motifs is 7. The van der Waals surface area contributed by atoms with Gasteiger partial charge in [0.05, 0.1) is 18.1 Å². The van der Waals surface area contributed by atoms with Crippen molar-refractivity contribution >= 4 is 17.5 Å². The lowest BCUT2D eigenvalue weighted by atomic mass is 9.40. The Hall–Kier alpha value is -2.22. The fourth-order valence-electron chi connectivity index (χ4n) is 8.97. The first-order chi connectivity index (χ1) is 15.9. The molecule has 34 heavy (non-hydrogen) atoms. The zero-order chi connectivity index (χ0) is 24.7. The number of carbonyl (C=O) groups excluding carboxylic acids is 3. The molecular formula is C29H37NO4. The van der Waals surface area contributed by atoms with Gasteiger partial charge >= 0.3 is 5.97 Å². The van der Waals surface area contributed by atoms with Gasteiger partial charge in [0.1, 0.15) is 6.07 Å². The maximum Gasteiger partial charge on any atom is 0.312 e. The van der Waals surface area contributed by atoms with Crippen molar-refractivity contribution in [2.24, 2.45) is 45.3 Å². The lowest BCUT2D eigenvalue weighted by molar-refractivity contribution is -0.177. The third-order valence-corrected chi connectivity index (χ3v) is 10.9. The van der Waals surface area contributed by atoms with E-state index in [1.165, 1.54) is 7.11 Å². The molecule has 0 heterocycles. The number of Topliss-reactive ketones (excluding diaryl/α,β-unsaturated/α-hetero) is 1. The minimum Gasteiger partial charge on any atom is -0.469 e. The van der Waals surface area contributed by atoms with Crippen LogP contribution in [-0.2, 0) is 19.1 Å². The highest BCUT2D eigenvalue weighted by molar-refractivity contribution is 6.01. The van der Waals surface area contributed by atoms with Crippen molar-refractivity contribution in [3.8, 4) is 6.07 Å². The summed E-state index contributed by atoms with van der Waals surface area (Å²) >= 11 is 0. The zero-order valence-electron chi connectivity index (χ0n) is 21.2. The van der Waals surface area contributed by atoms with Crippen LogP contribution in [0.25, 0.3) is 0 Å². The first-order valence-corrected chi connectivity index (χ1v) is 12.9. The molecule has 7 unspecified atom stereocenters. The van der Waals surface area contributed by atoms with Gasteiger partial charge in [0.2, 0.25) is 0 Å². The Kier molecular flexibility index (Phi) is 5.11. The van der Waals surface area contributed by atoms with E-state index in [1.54, 1.807) is 0 Å². The average Bonchev–Trinajstić information content (AvgIpc) is 2.79. The van der Waals surface area contributed by atoms with E-state index in [4.69, 9.17) is 4.74 Å². The lowest BCUT2D eigenvalue weighted by Crippen LogP contribution is -2.60. The molecule has 0 spiro atoms. The molecule has 0 amide bonds. The summed E-state index contributed by atoms with van der Waals surface area (Å²) in [5.74, 6) is 0.0533. The number of ether oxygens (including phenoxy) is 1. The highest BCUT2D eigenvalue weighted by atomic mass is 16.5. The van der Waals surface area contributed by atoms with Gasteiger partial charge in [-0.1, -0.05) is 39.3 Å². The summed E-state index contributed by atoms with van der Waals surface area (Å²) < 4.78 is 5.35. The number of rotatable bonds is 1. The van der Waals surface area contributed by atoms with Gasteiger partial charge in [-0.3, -0.25) is 14.4 Å². The smallest absolute Gasteiger partial charge is 0.312 e. The van der Waals surface area contributed by atoms with Gasteiger partial charge in [0, 0.05) is 17.8 Å². The summed E-state index contributed by atoms with van der Waals surface area (Å²) in [6, 6.07) is 2.11. The highest BCUT2D eigenvalue weighted by Gasteiger charge is 2.65. The molecule has 0 aliphatic heterocycles. The van der Waals surface area contributed by atoms with Gasteiger partial charge in [0.25, 0.3) is 0 Å². The molecule has 0 aromatic carbocycles. The normalized spacial score (nSPS) is 44.8. The van der Waals surface area contributed by atoms with E-state index in [0.29, 0.717) is 6.42 Å². The molecule has 3 fully saturated rings. The molecule has 5 rings (SSSR count). The van der Waals surface area contributed by atoms with Crippen LogP contribution in [0.1, 0.15) is 79.1 Å². The largest absolute Gasteiger partial charge is 0.469 e. The van der Waals surface area contributed by atoms with Crippen molar-refractivity contribution in [3.63, 3.8) is 0 Å². The Balaban J connectivity index is 1.63. The summed E-state index contributed by atoms with van der Waals surface area (Å²) in [5, 5.41) is 9.58. The Bertz CT molecular complexity index is 1080. The van der Waals surface area contributed by atoms with Crippen LogP contribution in [-0.4, -0.2) is 24.6 Å². The number of methoxy groups -OCH3 is 1. The van der Waals surface area contributed by atoms with E-state index in [2.05, 4.69) is 33.8 Å². The van der Waals surface area contributed by atoms with Crippen molar-refractivity contribution in [2.75, 3.05) is 7.11 Å². The Labute approximate surface area is 203 Å². The van der Waals surface area contributed by atoms with Crippen molar-refractivity contribution in [3.05, 3.63) is 23.3 Å². The third kappa shape index (κ3) is 2.99. The average molecular weight is 464 g/mol. The van der Waals surface area contributed by atoms with Crippen LogP contribution in [0.3, 0.4) is 0 Å². The molecule has 0 aromatic rings. The van der Waals surface area contributed by atoms with Crippen molar-refractivity contribution in [2.45, 2.75) is 79.1 Å². The van der Waals surface area contributed by atoms with Crippen LogP contribution >= 0.6 is 0 Å². The van der Waals surface area contributed by atoms with Gasteiger partial charge in [-0.25, -0.2) is 0 Å². The van der Waals surface area contributed by atoms with Crippen LogP contribution in [0.2, 0.25) is 0 Å². The van der Waals surface area contributed by atoms with E-state index in [0.717, 1.165) is 50.5 Å². The first kappa shape index (κ1) is 23.5. The number of hydrogen-bond acceptors (Lipinski definition) is 5. The minimum atomic E-state index is -0.560. The molecule has 0 aromatic heterocycles. The molecule has 5 aliphatic carbocycles. The Morgan fingerprint density at radius 1 is 1.06 bits per heavy atom. The molecule has 5 heteroatoms. The van der Waals surface area contributed by atoms with Gasteiger partial charge in [-0.05, 0) is 79.6 Å². The molecule has 7 atom stereocenters. The molecule has 5 nitrogen and oxygen atoms in total. The number of esters is 1. The number of allylic oxidation sites excluding steroid dienone is 4. The molecule has 0 bridgehead atoms. The Morgan fingerprint density at radius 2 is 1.79 bits per heavy atom. The third-order valence-electron chi connectivity index (χ3n) is 10.9. The maximum absolute atomic E-state index is 14.0. The van der Waals surface area contributed by atoms with E-state index in [-0.39, 0.29) is 57.6 Å². The van der Waals surface area contributed by atoms with Gasteiger partial charge in [-0.15, -0.1) is 0 Å². The monoisotopic (exact) mass is 463 g/mol. The predicted octanol–water partition coefficient (Wildman–Crippen LogP) is 5.35. The highest BCUT2D eigenvalue weighted by Crippen LogP contribution is 2.69. The minimum absolute atomic E-state index is 0.00625. The van der Waals surface area contributed by atoms with Crippen LogP contribution in [0.15, 0.2) is 23.3 Å². The summed E-state index contributed by atoms with van der Waals surface area (Å²) in [5.41, 5.74) is 0.256. The molecule has 5 aliphatic rings. The molecule has 182 valence electrons. The topological polar surface area (TPSA) is 84.2 Å². The summed E-state index contributed by atoms with van der Waals surface area (Å²) in [6.07, 6.45) is 10.2. The predicted molar refractivity (Wildman–Crippen MR) is 127 cm³/mol. The summed E-state index contributed by atoms with van der Waals surface area (Å²) in [6.45, 7) is 8.95. The number of carbonyl (C=O) groups is 3. The van der Waals surface area contributed by atoms with E-state index in [9.17, 15) is 19.6 Å². The summed E-state index contributed by atoms with van der Waals surface area (Å²) in [7, 11) is 1.48. The van der Waals surface area contributed by atoms with E-state index in [1.807, 2.05) is 12.2 Å². The molecule has 3 saturated carbocycles. The van der Waals surface area contributed by atoms with Crippen LogP contribution in [0.5, 0.6) is 0 Å². The zero-order valence-corrected chi connectivity index (χ0v) is 21.2. The quantitative estimate of drug-likeness (QED) is 0.489. The number of ketones is 2. The lowest BCUT2D eigenvalue weighted by Gasteiger charge is -2.63. The fourth-order valence-corrected chi connectivity index (χ4v) is 8.97. The number of hydrogen-bond donors (Lipinski definition) is 0.